The van der Waals surface area contributed by atoms with E-state index in [9.17, 15) is 9.90 Å². The van der Waals surface area contributed by atoms with Crippen LogP contribution in [0.15, 0.2) is 18.2 Å². The number of rotatable bonds is 3. The molecule has 124 valence electrons. The number of amides is 1. The van der Waals surface area contributed by atoms with E-state index in [4.69, 9.17) is 9.47 Å². The summed E-state index contributed by atoms with van der Waals surface area (Å²) in [6, 6.07) is 5.46. The summed E-state index contributed by atoms with van der Waals surface area (Å²) in [5.74, 6) is 1.67. The molecule has 2 atom stereocenters. The van der Waals surface area contributed by atoms with E-state index in [0.717, 1.165) is 19.6 Å². The monoisotopic (exact) mass is 318 g/mol. The molecule has 2 unspecified atom stereocenters. The first-order valence-electron chi connectivity index (χ1n) is 8.30. The Bertz CT molecular complexity index is 598. The van der Waals surface area contributed by atoms with Crippen LogP contribution in [0.2, 0.25) is 0 Å². The number of nitrogens with zero attached hydrogens (tertiary/aromatic N) is 1. The van der Waals surface area contributed by atoms with Crippen LogP contribution in [0.4, 0.5) is 0 Å². The van der Waals surface area contributed by atoms with E-state index in [-0.39, 0.29) is 24.7 Å². The highest BCUT2D eigenvalue weighted by Crippen LogP contribution is 2.33. The second-order valence-corrected chi connectivity index (χ2v) is 6.61. The second kappa shape index (κ2) is 6.02. The summed E-state index contributed by atoms with van der Waals surface area (Å²) in [6.45, 7) is 3.49. The lowest BCUT2D eigenvalue weighted by atomic mass is 9.84. The highest BCUT2D eigenvalue weighted by Gasteiger charge is 2.35. The SMILES string of the molecule is O=C(NC1CN2CCC1CC2)c1ccc2c(c1)OC(CO)CO2. The van der Waals surface area contributed by atoms with E-state index in [0.29, 0.717) is 29.6 Å². The lowest BCUT2D eigenvalue weighted by molar-refractivity contribution is 0.0454. The van der Waals surface area contributed by atoms with Gasteiger partial charge in [0.25, 0.3) is 5.91 Å². The Morgan fingerprint density at radius 1 is 1.30 bits per heavy atom. The maximum Gasteiger partial charge on any atom is 0.251 e. The Morgan fingerprint density at radius 3 is 2.83 bits per heavy atom. The zero-order chi connectivity index (χ0) is 15.8. The van der Waals surface area contributed by atoms with Crippen molar-refractivity contribution in [3.05, 3.63) is 23.8 Å². The highest BCUT2D eigenvalue weighted by atomic mass is 16.6. The fraction of sp³-hybridized carbons (Fsp3) is 0.588. The first kappa shape index (κ1) is 14.8. The van der Waals surface area contributed by atoms with Gasteiger partial charge in [0.15, 0.2) is 17.6 Å². The van der Waals surface area contributed by atoms with Gasteiger partial charge in [-0.2, -0.15) is 0 Å². The molecular weight excluding hydrogens is 296 g/mol. The van der Waals surface area contributed by atoms with Crippen LogP contribution < -0.4 is 14.8 Å². The zero-order valence-electron chi connectivity index (χ0n) is 13.0. The van der Waals surface area contributed by atoms with Crippen LogP contribution in [0.5, 0.6) is 11.5 Å². The number of ether oxygens (including phenoxy) is 2. The summed E-state index contributed by atoms with van der Waals surface area (Å²) < 4.78 is 11.2. The van der Waals surface area contributed by atoms with Gasteiger partial charge in [0, 0.05) is 18.2 Å². The minimum absolute atomic E-state index is 0.0683. The van der Waals surface area contributed by atoms with Crippen molar-refractivity contribution >= 4 is 5.91 Å². The molecule has 0 spiro atoms. The molecule has 4 aliphatic rings. The summed E-state index contributed by atoms with van der Waals surface area (Å²) in [5, 5.41) is 12.4. The first-order valence-corrected chi connectivity index (χ1v) is 8.30. The summed E-state index contributed by atoms with van der Waals surface area (Å²) in [4.78, 5) is 15.0. The molecule has 2 N–H and O–H groups in total. The normalized spacial score (nSPS) is 31.7. The molecule has 6 heteroatoms. The van der Waals surface area contributed by atoms with Crippen molar-refractivity contribution in [3.8, 4) is 11.5 Å². The van der Waals surface area contributed by atoms with Crippen molar-refractivity contribution in [1.82, 2.24) is 10.2 Å². The second-order valence-electron chi connectivity index (χ2n) is 6.61. The Morgan fingerprint density at radius 2 is 2.13 bits per heavy atom. The van der Waals surface area contributed by atoms with Gasteiger partial charge < -0.3 is 24.8 Å². The molecule has 4 aliphatic heterocycles. The number of piperidine rings is 3. The molecule has 0 aliphatic carbocycles. The number of carbonyl (C=O) groups is 1. The van der Waals surface area contributed by atoms with Crippen molar-refractivity contribution in [3.63, 3.8) is 0 Å². The van der Waals surface area contributed by atoms with Crippen molar-refractivity contribution in [1.29, 1.82) is 0 Å². The third-order valence-electron chi connectivity index (χ3n) is 5.10. The summed E-state index contributed by atoms with van der Waals surface area (Å²) in [6.07, 6.45) is 1.97. The highest BCUT2D eigenvalue weighted by molar-refractivity contribution is 5.95. The minimum Gasteiger partial charge on any atom is -0.486 e. The summed E-state index contributed by atoms with van der Waals surface area (Å²) in [5.41, 5.74) is 0.572. The van der Waals surface area contributed by atoms with Crippen molar-refractivity contribution in [2.75, 3.05) is 32.8 Å². The van der Waals surface area contributed by atoms with Crippen molar-refractivity contribution < 1.29 is 19.4 Å². The van der Waals surface area contributed by atoms with Crippen LogP contribution in [-0.4, -0.2) is 60.9 Å². The minimum atomic E-state index is -0.373. The average molecular weight is 318 g/mol. The average Bonchev–Trinajstić information content (AvgIpc) is 2.61. The van der Waals surface area contributed by atoms with Gasteiger partial charge in [-0.3, -0.25) is 4.79 Å². The molecule has 1 aromatic rings. The van der Waals surface area contributed by atoms with Gasteiger partial charge in [-0.1, -0.05) is 0 Å². The van der Waals surface area contributed by atoms with Gasteiger partial charge in [-0.05, 0) is 50.0 Å². The molecule has 3 fully saturated rings. The molecule has 0 radical (unpaired) electrons. The molecule has 0 saturated carbocycles. The predicted octanol–water partition coefficient (Wildman–Crippen LogP) is 0.643. The fourth-order valence-electron chi connectivity index (χ4n) is 3.73. The third-order valence-corrected chi connectivity index (χ3v) is 5.10. The van der Waals surface area contributed by atoms with Gasteiger partial charge in [-0.25, -0.2) is 0 Å². The Kier molecular flexibility index (Phi) is 3.87. The fourth-order valence-corrected chi connectivity index (χ4v) is 3.73. The van der Waals surface area contributed by atoms with E-state index >= 15 is 0 Å². The molecule has 1 amide bonds. The molecule has 23 heavy (non-hydrogen) atoms. The summed E-state index contributed by atoms with van der Waals surface area (Å²) >= 11 is 0. The van der Waals surface area contributed by atoms with Gasteiger partial charge in [0.2, 0.25) is 0 Å². The largest absolute Gasteiger partial charge is 0.486 e. The molecule has 0 aromatic heterocycles. The molecule has 1 aromatic carbocycles. The number of aliphatic hydroxyl groups excluding tert-OH is 1. The van der Waals surface area contributed by atoms with E-state index < -0.39 is 0 Å². The Balaban J connectivity index is 1.46. The van der Waals surface area contributed by atoms with Gasteiger partial charge >= 0.3 is 0 Å². The molecule has 3 saturated heterocycles. The van der Waals surface area contributed by atoms with Crippen LogP contribution in [-0.2, 0) is 0 Å². The van der Waals surface area contributed by atoms with E-state index in [1.165, 1.54) is 12.8 Å². The van der Waals surface area contributed by atoms with Crippen LogP contribution in [0.25, 0.3) is 0 Å². The van der Waals surface area contributed by atoms with Crippen molar-refractivity contribution in [2.45, 2.75) is 25.0 Å². The van der Waals surface area contributed by atoms with E-state index in [2.05, 4.69) is 10.2 Å². The van der Waals surface area contributed by atoms with E-state index in [1.807, 2.05) is 0 Å². The first-order chi connectivity index (χ1) is 11.2. The standard InChI is InChI=1S/C17H22N2O4/c20-9-13-10-22-15-2-1-12(7-16(15)23-13)17(21)18-14-8-19-5-3-11(14)4-6-19/h1-2,7,11,13-14,20H,3-6,8-10H2,(H,18,21). The molecule has 6 nitrogen and oxygen atoms in total. The molecule has 2 bridgehead atoms. The number of hydrogen-bond donors (Lipinski definition) is 2. The third kappa shape index (κ3) is 2.88. The predicted molar refractivity (Wildman–Crippen MR) is 83.9 cm³/mol. The van der Waals surface area contributed by atoms with Crippen LogP contribution in [0.1, 0.15) is 23.2 Å². The van der Waals surface area contributed by atoms with Crippen molar-refractivity contribution in [2.24, 2.45) is 5.92 Å². The molecular formula is C17H22N2O4. The molecule has 5 rings (SSSR count). The Labute approximate surface area is 135 Å². The van der Waals surface area contributed by atoms with Crippen LogP contribution in [0.3, 0.4) is 0 Å². The lowest BCUT2D eigenvalue weighted by Gasteiger charge is -2.44. The number of benzene rings is 1. The zero-order valence-corrected chi connectivity index (χ0v) is 13.0. The van der Waals surface area contributed by atoms with Gasteiger partial charge in [0.05, 0.1) is 6.61 Å². The Hall–Kier alpha value is -1.79. The smallest absolute Gasteiger partial charge is 0.251 e. The van der Waals surface area contributed by atoms with Crippen LogP contribution >= 0.6 is 0 Å². The number of nitrogens with one attached hydrogen (secondary N) is 1. The number of hydrogen-bond acceptors (Lipinski definition) is 5. The maximum atomic E-state index is 12.6. The lowest BCUT2D eigenvalue weighted by Crippen LogP contribution is -2.57. The quantitative estimate of drug-likeness (QED) is 0.856. The van der Waals surface area contributed by atoms with Gasteiger partial charge in [-0.15, -0.1) is 0 Å². The van der Waals surface area contributed by atoms with Crippen LogP contribution in [0, 0.1) is 5.92 Å². The van der Waals surface area contributed by atoms with Gasteiger partial charge in [0.1, 0.15) is 6.61 Å². The van der Waals surface area contributed by atoms with E-state index in [1.54, 1.807) is 18.2 Å². The number of fused-ring (bicyclic) bond motifs is 4. The number of carbonyl (C=O) groups excluding carboxylic acids is 1. The number of aliphatic hydroxyl groups is 1. The topological polar surface area (TPSA) is 71.0 Å². The molecule has 4 heterocycles. The maximum absolute atomic E-state index is 12.6. The summed E-state index contributed by atoms with van der Waals surface area (Å²) in [7, 11) is 0.